The minimum absolute atomic E-state index is 0.0294. The van der Waals surface area contributed by atoms with Gasteiger partial charge >= 0.3 is 6.09 Å². The van der Waals surface area contributed by atoms with Crippen LogP contribution in [-0.2, 0) is 13.0 Å². The highest BCUT2D eigenvalue weighted by molar-refractivity contribution is 5.81. The second-order valence-electron chi connectivity index (χ2n) is 8.89. The minimum atomic E-state index is -0.925. The minimum Gasteiger partial charge on any atom is -0.465 e. The molecule has 3 aliphatic heterocycles. The van der Waals surface area contributed by atoms with Crippen LogP contribution in [0.15, 0.2) is 18.2 Å². The van der Waals surface area contributed by atoms with Gasteiger partial charge in [-0.1, -0.05) is 0 Å². The summed E-state index contributed by atoms with van der Waals surface area (Å²) in [7, 11) is 0. The number of rotatable bonds is 2. The maximum atomic E-state index is 14.9. The average molecular weight is 439 g/mol. The Balaban J connectivity index is 1.63. The fourth-order valence-electron chi connectivity index (χ4n) is 5.43. The van der Waals surface area contributed by atoms with Crippen LogP contribution in [-0.4, -0.2) is 53.3 Å². The number of fused-ring (bicyclic) bond motifs is 1. The summed E-state index contributed by atoms with van der Waals surface area (Å²) in [4.78, 5) is 19.6. The van der Waals surface area contributed by atoms with Gasteiger partial charge in [-0.25, -0.2) is 18.6 Å². The molecule has 2 N–H and O–H groups in total. The van der Waals surface area contributed by atoms with Crippen LogP contribution in [0.25, 0.3) is 11.1 Å². The maximum absolute atomic E-state index is 14.9. The first-order valence-electron chi connectivity index (χ1n) is 10.7. The van der Waals surface area contributed by atoms with Crippen molar-refractivity contribution >= 4 is 11.9 Å². The number of hydrogen-bond acceptors (Lipinski definition) is 5. The van der Waals surface area contributed by atoms with E-state index in [-0.39, 0.29) is 22.6 Å². The molecular weight excluding hydrogens is 416 g/mol. The fraction of sp³-hybridized carbons (Fsp3) is 0.435. The smallest absolute Gasteiger partial charge is 0.407 e. The predicted molar refractivity (Wildman–Crippen MR) is 113 cm³/mol. The standard InChI is InChI=1S/C23H23F2N5O2/c1-13-23(11-29(12-23)22(31)32)5-7-30(13)21-17(9-26)20(15-3-2-14(24)8-18(15)25)16-4-6-27-10-19(16)28-21/h2-3,8,13,27H,4-7,10-12H2,1H3,(H,31,32)/t13-/m0/s1. The van der Waals surface area contributed by atoms with E-state index in [0.29, 0.717) is 50.5 Å². The summed E-state index contributed by atoms with van der Waals surface area (Å²) in [5, 5.41) is 22.7. The van der Waals surface area contributed by atoms with E-state index in [0.717, 1.165) is 23.7 Å². The van der Waals surface area contributed by atoms with Gasteiger partial charge in [0.2, 0.25) is 0 Å². The van der Waals surface area contributed by atoms with Gasteiger partial charge in [0.15, 0.2) is 0 Å². The summed E-state index contributed by atoms with van der Waals surface area (Å²) in [6, 6.07) is 5.65. The molecule has 32 heavy (non-hydrogen) atoms. The summed E-state index contributed by atoms with van der Waals surface area (Å²) in [6.45, 7) is 4.76. The molecular formula is C23H23F2N5O2. The van der Waals surface area contributed by atoms with Gasteiger partial charge in [-0.3, -0.25) is 0 Å². The number of benzene rings is 1. The average Bonchev–Trinajstić information content (AvgIpc) is 3.08. The third-order valence-corrected chi connectivity index (χ3v) is 7.28. The second-order valence-corrected chi connectivity index (χ2v) is 8.89. The Morgan fingerprint density at radius 3 is 2.84 bits per heavy atom. The molecule has 2 saturated heterocycles. The summed E-state index contributed by atoms with van der Waals surface area (Å²) in [5.41, 5.74) is 2.37. The first-order chi connectivity index (χ1) is 15.3. The number of aromatic nitrogens is 1. The lowest BCUT2D eigenvalue weighted by molar-refractivity contribution is 0.00796. The zero-order valence-electron chi connectivity index (χ0n) is 17.7. The number of pyridine rings is 1. The Kier molecular flexibility index (Phi) is 4.78. The molecule has 4 heterocycles. The highest BCUT2D eigenvalue weighted by Gasteiger charge is 2.55. The Hall–Kier alpha value is -3.25. The SMILES string of the molecule is C[C@@H]1N(c2nc3c(c(-c4ccc(F)cc4F)c2C#N)CCNC3)CCC12CN(C(=O)O)C2. The molecule has 0 radical (unpaired) electrons. The first kappa shape index (κ1) is 20.6. The number of likely N-dealkylation sites (tertiary alicyclic amines) is 1. The zero-order chi connectivity index (χ0) is 22.6. The highest BCUT2D eigenvalue weighted by Crippen LogP contribution is 2.47. The summed E-state index contributed by atoms with van der Waals surface area (Å²) in [6.07, 6.45) is 0.461. The molecule has 0 bridgehead atoms. The molecule has 9 heteroatoms. The molecule has 1 aromatic carbocycles. The van der Waals surface area contributed by atoms with Crippen LogP contribution in [0.1, 0.15) is 30.2 Å². The van der Waals surface area contributed by atoms with E-state index in [1.165, 1.54) is 17.0 Å². The van der Waals surface area contributed by atoms with E-state index >= 15 is 0 Å². The summed E-state index contributed by atoms with van der Waals surface area (Å²) in [5.74, 6) is -0.883. The molecule has 1 spiro atoms. The van der Waals surface area contributed by atoms with Crippen LogP contribution in [0.2, 0.25) is 0 Å². The van der Waals surface area contributed by atoms with Gasteiger partial charge in [-0.05, 0) is 44.0 Å². The predicted octanol–water partition coefficient (Wildman–Crippen LogP) is 3.12. The number of carbonyl (C=O) groups is 1. The van der Waals surface area contributed by atoms with Gasteiger partial charge in [0.1, 0.15) is 29.1 Å². The van der Waals surface area contributed by atoms with Crippen molar-refractivity contribution in [2.75, 3.05) is 31.1 Å². The Morgan fingerprint density at radius 1 is 1.38 bits per heavy atom. The molecule has 2 aromatic rings. The van der Waals surface area contributed by atoms with Crippen molar-refractivity contribution in [1.82, 2.24) is 15.2 Å². The molecule has 5 rings (SSSR count). The Morgan fingerprint density at radius 2 is 2.16 bits per heavy atom. The second kappa shape index (κ2) is 7.41. The zero-order valence-corrected chi connectivity index (χ0v) is 17.7. The van der Waals surface area contributed by atoms with Crippen molar-refractivity contribution < 1.29 is 18.7 Å². The fourth-order valence-corrected chi connectivity index (χ4v) is 5.43. The lowest BCUT2D eigenvalue weighted by atomic mass is 9.74. The Bertz CT molecular complexity index is 1160. The van der Waals surface area contributed by atoms with Gasteiger partial charge in [-0.15, -0.1) is 0 Å². The van der Waals surface area contributed by atoms with Crippen LogP contribution < -0.4 is 10.2 Å². The van der Waals surface area contributed by atoms with Crippen LogP contribution in [0.5, 0.6) is 0 Å². The van der Waals surface area contributed by atoms with Crippen LogP contribution in [0.4, 0.5) is 19.4 Å². The third-order valence-electron chi connectivity index (χ3n) is 7.28. The number of nitrogens with zero attached hydrogens (tertiary/aromatic N) is 4. The van der Waals surface area contributed by atoms with Crippen LogP contribution >= 0.6 is 0 Å². The number of carboxylic acid groups (broad SMARTS) is 1. The van der Waals surface area contributed by atoms with Crippen molar-refractivity contribution in [2.24, 2.45) is 5.41 Å². The molecule has 2 fully saturated rings. The number of halogens is 2. The number of amides is 1. The molecule has 0 unspecified atom stereocenters. The first-order valence-corrected chi connectivity index (χ1v) is 10.7. The van der Waals surface area contributed by atoms with Crippen LogP contribution in [0.3, 0.4) is 0 Å². The van der Waals surface area contributed by atoms with Gasteiger partial charge in [-0.2, -0.15) is 5.26 Å². The van der Waals surface area contributed by atoms with Crippen molar-refractivity contribution in [3.63, 3.8) is 0 Å². The lowest BCUT2D eigenvalue weighted by Gasteiger charge is -2.49. The summed E-state index contributed by atoms with van der Waals surface area (Å²) >= 11 is 0. The van der Waals surface area contributed by atoms with E-state index in [2.05, 4.69) is 16.3 Å². The van der Waals surface area contributed by atoms with Crippen molar-refractivity contribution in [3.05, 3.63) is 46.7 Å². The van der Waals surface area contributed by atoms with Crippen LogP contribution in [0, 0.1) is 28.4 Å². The largest absolute Gasteiger partial charge is 0.465 e. The van der Waals surface area contributed by atoms with Gasteiger partial charge in [0.05, 0.1) is 5.69 Å². The topological polar surface area (TPSA) is 92.5 Å². The van der Waals surface area contributed by atoms with Gasteiger partial charge in [0.25, 0.3) is 0 Å². The summed E-state index contributed by atoms with van der Waals surface area (Å²) < 4.78 is 28.5. The molecule has 0 aliphatic carbocycles. The number of anilines is 1. The number of nitrogens with one attached hydrogen (secondary N) is 1. The van der Waals surface area contributed by atoms with Crippen molar-refractivity contribution in [2.45, 2.75) is 32.4 Å². The van der Waals surface area contributed by atoms with Gasteiger partial charge < -0.3 is 20.2 Å². The number of nitriles is 1. The normalized spacial score (nSPS) is 21.2. The molecule has 1 aromatic heterocycles. The van der Waals surface area contributed by atoms with E-state index in [1.807, 2.05) is 6.92 Å². The molecule has 1 atom stereocenters. The van der Waals surface area contributed by atoms with Crippen molar-refractivity contribution in [1.29, 1.82) is 5.26 Å². The maximum Gasteiger partial charge on any atom is 0.407 e. The Labute approximate surface area is 184 Å². The van der Waals surface area contributed by atoms with Gasteiger partial charge in [0, 0.05) is 54.8 Å². The van der Waals surface area contributed by atoms with E-state index in [9.17, 15) is 23.9 Å². The molecule has 0 saturated carbocycles. The molecule has 3 aliphatic rings. The molecule has 1 amide bonds. The van der Waals surface area contributed by atoms with E-state index < -0.39 is 17.7 Å². The van der Waals surface area contributed by atoms with E-state index in [4.69, 9.17) is 4.98 Å². The molecule has 166 valence electrons. The third kappa shape index (κ3) is 3.01. The highest BCUT2D eigenvalue weighted by atomic mass is 19.1. The number of hydrogen-bond donors (Lipinski definition) is 2. The quantitative estimate of drug-likeness (QED) is 0.747. The lowest BCUT2D eigenvalue weighted by Crippen LogP contribution is -2.62. The molecule has 7 nitrogen and oxygen atoms in total. The monoisotopic (exact) mass is 439 g/mol. The van der Waals surface area contributed by atoms with E-state index in [1.54, 1.807) is 0 Å². The van der Waals surface area contributed by atoms with Crippen molar-refractivity contribution in [3.8, 4) is 17.2 Å².